The Bertz CT molecular complexity index is 1360. The predicted molar refractivity (Wildman–Crippen MR) is 123 cm³/mol. The van der Waals surface area contributed by atoms with Crippen LogP contribution in [0.4, 0.5) is 17.6 Å². The van der Waals surface area contributed by atoms with Gasteiger partial charge in [0.2, 0.25) is 0 Å². The van der Waals surface area contributed by atoms with E-state index in [4.69, 9.17) is 5.11 Å². The van der Waals surface area contributed by atoms with E-state index in [0.29, 0.717) is 21.3 Å². The lowest BCUT2D eigenvalue weighted by molar-refractivity contribution is -0.140. The lowest BCUT2D eigenvalue weighted by Gasteiger charge is -2.08. The van der Waals surface area contributed by atoms with Gasteiger partial charge in [-0.1, -0.05) is 12.1 Å². The number of aryl methyl sites for hydroxylation is 2. The molecule has 2 aromatic carbocycles. The average molecular weight is 513 g/mol. The summed E-state index contributed by atoms with van der Waals surface area (Å²) in [5.74, 6) is -1.71. The smallest absolute Gasteiger partial charge is 0.419 e. The maximum absolute atomic E-state index is 14.0. The highest BCUT2D eigenvalue weighted by Crippen LogP contribution is 2.39. The Morgan fingerprint density at radius 1 is 1.12 bits per heavy atom. The number of carboxylic acids is 1. The van der Waals surface area contributed by atoms with Crippen molar-refractivity contribution in [3.63, 3.8) is 0 Å². The van der Waals surface area contributed by atoms with Crippen molar-refractivity contribution < 1.29 is 27.5 Å². The minimum Gasteiger partial charge on any atom is -0.481 e. The fourth-order valence-corrected chi connectivity index (χ4v) is 6.68. The number of nitrogens with zero attached hydrogens (tertiary/aromatic N) is 2. The molecule has 2 heterocycles. The maximum Gasteiger partial charge on any atom is 0.419 e. The molecule has 4 nitrogen and oxygen atoms in total. The minimum atomic E-state index is -4.75. The molecule has 0 radical (unpaired) electrons. The Labute approximate surface area is 198 Å². The van der Waals surface area contributed by atoms with E-state index >= 15 is 0 Å². The van der Waals surface area contributed by atoms with Crippen LogP contribution in [-0.4, -0.2) is 21.0 Å². The summed E-state index contributed by atoms with van der Waals surface area (Å²) in [5, 5.41) is 10.0. The van der Waals surface area contributed by atoms with E-state index in [1.165, 1.54) is 28.7 Å². The zero-order valence-corrected chi connectivity index (χ0v) is 19.7. The highest BCUT2D eigenvalue weighted by molar-refractivity contribution is 7.99. The van der Waals surface area contributed by atoms with Crippen LogP contribution >= 0.6 is 34.4 Å². The second-order valence-electron chi connectivity index (χ2n) is 7.25. The third kappa shape index (κ3) is 5.04. The molecular weight excluding hydrogens is 496 g/mol. The molecule has 2 aromatic heterocycles. The summed E-state index contributed by atoms with van der Waals surface area (Å²) in [4.78, 5) is 21.8. The van der Waals surface area contributed by atoms with Crippen molar-refractivity contribution in [1.82, 2.24) is 9.97 Å². The van der Waals surface area contributed by atoms with Gasteiger partial charge < -0.3 is 5.11 Å². The van der Waals surface area contributed by atoms with Gasteiger partial charge in [-0.05, 0) is 37.6 Å². The fraction of sp³-hybridized carbons (Fsp3) is 0.227. The molecule has 4 aromatic rings. The van der Waals surface area contributed by atoms with E-state index in [2.05, 4.69) is 9.97 Å². The Balaban J connectivity index is 1.58. The number of hydrogen-bond acceptors (Lipinski definition) is 6. The van der Waals surface area contributed by atoms with E-state index in [1.807, 2.05) is 19.1 Å². The Morgan fingerprint density at radius 2 is 1.88 bits per heavy atom. The summed E-state index contributed by atoms with van der Waals surface area (Å²) in [6.07, 6.45) is -4.88. The molecule has 0 aliphatic carbocycles. The first kappa shape index (κ1) is 23.7. The zero-order chi connectivity index (χ0) is 23.9. The summed E-state index contributed by atoms with van der Waals surface area (Å²) < 4.78 is 53.4. The summed E-state index contributed by atoms with van der Waals surface area (Å²) in [6, 6.07) is 6.73. The molecule has 0 unspecified atom stereocenters. The molecule has 0 spiro atoms. The van der Waals surface area contributed by atoms with Gasteiger partial charge in [0.1, 0.15) is 15.8 Å². The Hall–Kier alpha value is -2.50. The van der Waals surface area contributed by atoms with Crippen LogP contribution in [0.1, 0.15) is 26.7 Å². The molecule has 0 saturated heterocycles. The van der Waals surface area contributed by atoms with Crippen LogP contribution in [0.3, 0.4) is 0 Å². The standard InChI is InChI=1S/C22H16F4N2O2S3/c1-10-3-6-15(20-19(10)28-17(33-20)8-18(29)30)31-9-16-11(2)27-21(32-16)12-4-5-13(14(23)7-12)22(24,25)26/h3-7H,8-9H2,1-2H3,(H,29,30). The van der Waals surface area contributed by atoms with Crippen LogP contribution in [-0.2, 0) is 23.1 Å². The summed E-state index contributed by atoms with van der Waals surface area (Å²) in [6.45, 7) is 3.72. The molecule has 0 aliphatic heterocycles. The highest BCUT2D eigenvalue weighted by atomic mass is 32.2. The van der Waals surface area contributed by atoms with Crippen LogP contribution in [0.2, 0.25) is 0 Å². The number of hydrogen-bond donors (Lipinski definition) is 1. The monoisotopic (exact) mass is 512 g/mol. The van der Waals surface area contributed by atoms with E-state index in [-0.39, 0.29) is 6.42 Å². The van der Waals surface area contributed by atoms with Crippen molar-refractivity contribution in [2.75, 3.05) is 0 Å². The van der Waals surface area contributed by atoms with Gasteiger partial charge >= 0.3 is 12.1 Å². The van der Waals surface area contributed by atoms with Crippen LogP contribution < -0.4 is 0 Å². The van der Waals surface area contributed by atoms with Gasteiger partial charge in [-0.15, -0.1) is 34.4 Å². The summed E-state index contributed by atoms with van der Waals surface area (Å²) in [7, 11) is 0. The molecule has 0 fully saturated rings. The first-order valence-electron chi connectivity index (χ1n) is 9.60. The summed E-state index contributed by atoms with van der Waals surface area (Å²) >= 11 is 4.21. The van der Waals surface area contributed by atoms with Crippen LogP contribution in [0.15, 0.2) is 35.2 Å². The van der Waals surface area contributed by atoms with Crippen molar-refractivity contribution in [3.8, 4) is 10.6 Å². The number of halogens is 4. The topological polar surface area (TPSA) is 63.1 Å². The molecule has 11 heteroatoms. The number of alkyl halides is 3. The number of aromatic nitrogens is 2. The van der Waals surface area contributed by atoms with E-state index in [0.717, 1.165) is 43.4 Å². The van der Waals surface area contributed by atoms with Gasteiger partial charge in [-0.25, -0.2) is 14.4 Å². The third-order valence-corrected chi connectivity index (χ3v) is 8.52. The fourth-order valence-electron chi connectivity index (χ4n) is 3.18. The van der Waals surface area contributed by atoms with Crippen molar-refractivity contribution in [1.29, 1.82) is 0 Å². The molecule has 0 bridgehead atoms. The normalized spacial score (nSPS) is 11.9. The molecule has 172 valence electrons. The number of thiazole rings is 2. The van der Waals surface area contributed by atoms with Gasteiger partial charge in [0.05, 0.1) is 27.9 Å². The van der Waals surface area contributed by atoms with Gasteiger partial charge in [0, 0.05) is 21.1 Å². The number of fused-ring (bicyclic) bond motifs is 1. The first-order valence-corrected chi connectivity index (χ1v) is 12.2. The average Bonchev–Trinajstić information content (AvgIpc) is 3.30. The molecule has 4 rings (SSSR count). The van der Waals surface area contributed by atoms with Gasteiger partial charge in [0.15, 0.2) is 0 Å². The van der Waals surface area contributed by atoms with Crippen molar-refractivity contribution in [2.24, 2.45) is 0 Å². The maximum atomic E-state index is 14.0. The van der Waals surface area contributed by atoms with Crippen LogP contribution in [0.25, 0.3) is 20.8 Å². The number of aliphatic carboxylic acids is 1. The Morgan fingerprint density at radius 3 is 2.55 bits per heavy atom. The predicted octanol–water partition coefficient (Wildman–Crippen LogP) is 7.11. The number of rotatable bonds is 6. The van der Waals surface area contributed by atoms with Gasteiger partial charge in [-0.2, -0.15) is 13.2 Å². The van der Waals surface area contributed by atoms with Gasteiger partial charge in [0.25, 0.3) is 0 Å². The van der Waals surface area contributed by atoms with Gasteiger partial charge in [-0.3, -0.25) is 4.79 Å². The molecule has 1 N–H and O–H groups in total. The van der Waals surface area contributed by atoms with Crippen molar-refractivity contribution in [2.45, 2.75) is 37.1 Å². The molecule has 0 amide bonds. The molecule has 0 atom stereocenters. The highest BCUT2D eigenvalue weighted by Gasteiger charge is 2.34. The SMILES string of the molecule is Cc1nc(-c2ccc(C(F)(F)F)c(F)c2)sc1CSc1ccc(C)c2nc(CC(=O)O)sc12. The number of carbonyl (C=O) groups is 1. The van der Waals surface area contributed by atoms with Crippen LogP contribution in [0, 0.1) is 19.7 Å². The number of carboxylic acid groups (broad SMARTS) is 1. The second kappa shape index (κ2) is 9.03. The number of benzene rings is 2. The van der Waals surface area contributed by atoms with Crippen molar-refractivity contribution in [3.05, 3.63) is 62.9 Å². The molecular formula is C22H16F4N2O2S3. The lowest BCUT2D eigenvalue weighted by atomic mass is 10.1. The van der Waals surface area contributed by atoms with Crippen molar-refractivity contribution >= 4 is 50.6 Å². The number of thioether (sulfide) groups is 1. The zero-order valence-electron chi connectivity index (χ0n) is 17.3. The first-order chi connectivity index (χ1) is 15.5. The lowest BCUT2D eigenvalue weighted by Crippen LogP contribution is -2.07. The summed E-state index contributed by atoms with van der Waals surface area (Å²) in [5.41, 5.74) is 1.46. The quantitative estimate of drug-likeness (QED) is 0.220. The van der Waals surface area contributed by atoms with E-state index in [9.17, 15) is 22.4 Å². The molecule has 33 heavy (non-hydrogen) atoms. The Kier molecular flexibility index (Phi) is 6.47. The second-order valence-corrected chi connectivity index (χ2v) is 10.4. The molecule has 0 aliphatic rings. The van der Waals surface area contributed by atoms with E-state index < -0.39 is 23.5 Å². The third-order valence-electron chi connectivity index (χ3n) is 4.83. The largest absolute Gasteiger partial charge is 0.481 e. The van der Waals surface area contributed by atoms with E-state index in [1.54, 1.807) is 18.7 Å². The minimum absolute atomic E-state index is 0.135. The van der Waals surface area contributed by atoms with Crippen LogP contribution in [0.5, 0.6) is 0 Å². The molecule has 0 saturated carbocycles.